The number of nitrogens with zero attached hydrogens (tertiary/aromatic N) is 1. The van der Waals surface area contributed by atoms with E-state index < -0.39 is 0 Å². The topological polar surface area (TPSA) is 49.4 Å². The lowest BCUT2D eigenvalue weighted by Gasteiger charge is -2.17. The van der Waals surface area contributed by atoms with Gasteiger partial charge in [-0.15, -0.1) is 0 Å². The summed E-state index contributed by atoms with van der Waals surface area (Å²) in [5.74, 6) is 0.133. The lowest BCUT2D eigenvalue weighted by atomic mass is 10.0. The van der Waals surface area contributed by atoms with Gasteiger partial charge in [-0.3, -0.25) is 9.59 Å². The molecule has 2 aromatic carbocycles. The first-order chi connectivity index (χ1) is 12.0. The fraction of sp³-hybridized carbons (Fsp3) is 0.333. The highest BCUT2D eigenvalue weighted by molar-refractivity contribution is 5.94. The number of carbonyl (C=O) groups is 2. The number of carbonyl (C=O) groups excluding carboxylic acids is 2. The van der Waals surface area contributed by atoms with Gasteiger partial charge in [0.05, 0.1) is 6.04 Å². The number of likely N-dealkylation sites (tertiary alicyclic amines) is 1. The minimum absolute atomic E-state index is 0.0457. The van der Waals surface area contributed by atoms with Crippen LogP contribution in [-0.2, 0) is 11.3 Å². The number of nitrogens with one attached hydrogen (secondary N) is 1. The van der Waals surface area contributed by atoms with Gasteiger partial charge < -0.3 is 10.2 Å². The molecule has 4 heteroatoms. The molecule has 25 heavy (non-hydrogen) atoms. The van der Waals surface area contributed by atoms with E-state index >= 15 is 0 Å². The van der Waals surface area contributed by atoms with Gasteiger partial charge in [0.15, 0.2) is 0 Å². The Kier molecular flexibility index (Phi) is 5.17. The van der Waals surface area contributed by atoms with Crippen LogP contribution in [0.5, 0.6) is 0 Å². The van der Waals surface area contributed by atoms with E-state index in [-0.39, 0.29) is 17.9 Å². The van der Waals surface area contributed by atoms with E-state index in [9.17, 15) is 9.59 Å². The van der Waals surface area contributed by atoms with Crippen molar-refractivity contribution in [3.63, 3.8) is 0 Å². The third-order valence-corrected chi connectivity index (χ3v) is 4.76. The Balaban J connectivity index is 1.62. The molecular weight excluding hydrogens is 312 g/mol. The summed E-state index contributed by atoms with van der Waals surface area (Å²) >= 11 is 0. The van der Waals surface area contributed by atoms with Gasteiger partial charge in [0, 0.05) is 25.1 Å². The van der Waals surface area contributed by atoms with Gasteiger partial charge in [-0.1, -0.05) is 36.4 Å². The Labute approximate surface area is 148 Å². The molecule has 0 unspecified atom stereocenters. The first-order valence-electron chi connectivity index (χ1n) is 8.77. The van der Waals surface area contributed by atoms with Crippen LogP contribution in [0.4, 0.5) is 0 Å². The van der Waals surface area contributed by atoms with Crippen molar-refractivity contribution in [2.24, 2.45) is 0 Å². The number of aryl methyl sites for hydroxylation is 1. The van der Waals surface area contributed by atoms with Crippen molar-refractivity contribution in [2.75, 3.05) is 6.54 Å². The highest BCUT2D eigenvalue weighted by atomic mass is 16.2. The summed E-state index contributed by atoms with van der Waals surface area (Å²) in [5, 5.41) is 3.05. The molecule has 2 aromatic rings. The van der Waals surface area contributed by atoms with Crippen molar-refractivity contribution in [3.8, 4) is 0 Å². The molecule has 0 aliphatic carbocycles. The van der Waals surface area contributed by atoms with Crippen LogP contribution in [-0.4, -0.2) is 23.3 Å². The van der Waals surface area contributed by atoms with E-state index in [1.54, 1.807) is 0 Å². The molecule has 1 N–H and O–H groups in total. The standard InChI is InChI=1S/C21H24N2O2/c1-15-6-3-4-7-19(15)16(2)22-21(25)18-11-9-17(10-12-18)14-23-13-5-8-20(23)24/h3-4,6-7,9-12,16H,5,8,13-14H2,1-2H3,(H,22,25)/t16-/m1/s1. The number of rotatable bonds is 5. The Bertz CT molecular complexity index is 768. The highest BCUT2D eigenvalue weighted by Gasteiger charge is 2.20. The molecule has 0 bridgehead atoms. The van der Waals surface area contributed by atoms with Crippen molar-refractivity contribution >= 4 is 11.8 Å². The van der Waals surface area contributed by atoms with Gasteiger partial charge in [-0.25, -0.2) is 0 Å². The zero-order chi connectivity index (χ0) is 17.8. The van der Waals surface area contributed by atoms with Gasteiger partial charge in [0.25, 0.3) is 5.91 Å². The fourth-order valence-electron chi connectivity index (χ4n) is 3.28. The van der Waals surface area contributed by atoms with Gasteiger partial charge in [0.2, 0.25) is 5.91 Å². The zero-order valence-electron chi connectivity index (χ0n) is 14.8. The first kappa shape index (κ1) is 17.2. The largest absolute Gasteiger partial charge is 0.346 e. The number of hydrogen-bond donors (Lipinski definition) is 1. The van der Waals surface area contributed by atoms with Crippen LogP contribution in [0, 0.1) is 6.92 Å². The summed E-state index contributed by atoms with van der Waals surface area (Å²) in [4.78, 5) is 26.0. The Morgan fingerprint density at radius 1 is 1.16 bits per heavy atom. The summed E-state index contributed by atoms with van der Waals surface area (Å²) in [6.07, 6.45) is 1.59. The zero-order valence-corrected chi connectivity index (χ0v) is 14.8. The summed E-state index contributed by atoms with van der Waals surface area (Å²) in [5.41, 5.74) is 3.98. The second-order valence-corrected chi connectivity index (χ2v) is 6.67. The number of amides is 2. The Hall–Kier alpha value is -2.62. The van der Waals surface area contributed by atoms with E-state index in [0.29, 0.717) is 18.5 Å². The van der Waals surface area contributed by atoms with Crippen LogP contribution in [0.1, 0.15) is 52.9 Å². The predicted octanol–water partition coefficient (Wildman–Crippen LogP) is 3.61. The molecule has 1 aliphatic heterocycles. The number of hydrogen-bond acceptors (Lipinski definition) is 2. The van der Waals surface area contributed by atoms with Gasteiger partial charge in [-0.2, -0.15) is 0 Å². The van der Waals surface area contributed by atoms with Crippen LogP contribution in [0.2, 0.25) is 0 Å². The highest BCUT2D eigenvalue weighted by Crippen LogP contribution is 2.18. The maximum absolute atomic E-state index is 12.5. The van der Waals surface area contributed by atoms with Crippen molar-refractivity contribution < 1.29 is 9.59 Å². The minimum Gasteiger partial charge on any atom is -0.346 e. The first-order valence-corrected chi connectivity index (χ1v) is 8.77. The molecule has 0 spiro atoms. The van der Waals surface area contributed by atoms with Crippen LogP contribution in [0.25, 0.3) is 0 Å². The van der Waals surface area contributed by atoms with E-state index in [1.807, 2.05) is 67.3 Å². The van der Waals surface area contributed by atoms with Gasteiger partial charge in [-0.05, 0) is 49.1 Å². The minimum atomic E-state index is -0.0837. The molecule has 4 nitrogen and oxygen atoms in total. The molecule has 1 atom stereocenters. The molecule has 1 heterocycles. The van der Waals surface area contributed by atoms with Crippen molar-refractivity contribution in [2.45, 2.75) is 39.3 Å². The van der Waals surface area contributed by atoms with Crippen LogP contribution < -0.4 is 5.32 Å². The van der Waals surface area contributed by atoms with Crippen LogP contribution in [0.15, 0.2) is 48.5 Å². The quantitative estimate of drug-likeness (QED) is 0.907. The normalized spacial score (nSPS) is 15.3. The second-order valence-electron chi connectivity index (χ2n) is 6.67. The second kappa shape index (κ2) is 7.51. The molecular formula is C21H24N2O2. The molecule has 0 aromatic heterocycles. The molecule has 3 rings (SSSR count). The van der Waals surface area contributed by atoms with Crippen molar-refractivity contribution in [1.29, 1.82) is 0 Å². The molecule has 0 saturated carbocycles. The third-order valence-electron chi connectivity index (χ3n) is 4.76. The smallest absolute Gasteiger partial charge is 0.251 e. The summed E-state index contributed by atoms with van der Waals surface area (Å²) in [6, 6.07) is 15.5. The average molecular weight is 336 g/mol. The number of benzene rings is 2. The SMILES string of the molecule is Cc1ccccc1[C@@H](C)NC(=O)c1ccc(CN2CCCC2=O)cc1. The maximum Gasteiger partial charge on any atom is 0.251 e. The van der Waals surface area contributed by atoms with Crippen LogP contribution in [0.3, 0.4) is 0 Å². The molecule has 1 aliphatic rings. The monoisotopic (exact) mass is 336 g/mol. The summed E-state index contributed by atoms with van der Waals surface area (Å²) in [6.45, 7) is 5.50. The lowest BCUT2D eigenvalue weighted by Crippen LogP contribution is -2.27. The van der Waals surface area contributed by atoms with E-state index in [4.69, 9.17) is 0 Å². The average Bonchev–Trinajstić information content (AvgIpc) is 3.00. The molecule has 1 saturated heterocycles. The third kappa shape index (κ3) is 4.08. The molecule has 2 amide bonds. The molecule has 130 valence electrons. The molecule has 1 fully saturated rings. The summed E-state index contributed by atoms with van der Waals surface area (Å²) < 4.78 is 0. The predicted molar refractivity (Wildman–Crippen MR) is 98.2 cm³/mol. The van der Waals surface area contributed by atoms with Crippen LogP contribution >= 0.6 is 0 Å². The van der Waals surface area contributed by atoms with Crippen molar-refractivity contribution in [1.82, 2.24) is 10.2 Å². The summed E-state index contributed by atoms with van der Waals surface area (Å²) in [7, 11) is 0. The molecule has 0 radical (unpaired) electrons. The van der Waals surface area contributed by atoms with Crippen molar-refractivity contribution in [3.05, 3.63) is 70.8 Å². The van der Waals surface area contributed by atoms with E-state index in [2.05, 4.69) is 5.32 Å². The van der Waals surface area contributed by atoms with E-state index in [0.717, 1.165) is 24.1 Å². The lowest BCUT2D eigenvalue weighted by molar-refractivity contribution is -0.128. The van der Waals surface area contributed by atoms with Gasteiger partial charge >= 0.3 is 0 Å². The Morgan fingerprint density at radius 3 is 2.52 bits per heavy atom. The Morgan fingerprint density at radius 2 is 1.88 bits per heavy atom. The fourth-order valence-corrected chi connectivity index (χ4v) is 3.28. The van der Waals surface area contributed by atoms with Gasteiger partial charge in [0.1, 0.15) is 0 Å². The maximum atomic E-state index is 12.5. The van der Waals surface area contributed by atoms with E-state index in [1.165, 1.54) is 5.56 Å².